The van der Waals surface area contributed by atoms with E-state index in [0.717, 1.165) is 10.9 Å². The Hall–Kier alpha value is -4.79. The SMILES string of the molecule is COC(=O)c1ccccc1NC(=O)c1nnn(-c2ccc3noc(-c4ccccc4)c3c2)c1C. The van der Waals surface area contributed by atoms with Crippen molar-refractivity contribution >= 4 is 28.5 Å². The Morgan fingerprint density at radius 2 is 1.76 bits per heavy atom. The van der Waals surface area contributed by atoms with Crippen LogP contribution in [0.25, 0.3) is 27.9 Å². The number of carbonyl (C=O) groups is 2. The number of esters is 1. The second-order valence-corrected chi connectivity index (χ2v) is 7.51. The number of carbonyl (C=O) groups excluding carboxylic acids is 2. The summed E-state index contributed by atoms with van der Waals surface area (Å²) < 4.78 is 11.9. The monoisotopic (exact) mass is 453 g/mol. The van der Waals surface area contributed by atoms with Gasteiger partial charge in [0.2, 0.25) is 0 Å². The predicted molar refractivity (Wildman–Crippen MR) is 125 cm³/mol. The number of ether oxygens (including phenoxy) is 1. The zero-order chi connectivity index (χ0) is 23.7. The van der Waals surface area contributed by atoms with Crippen molar-refractivity contribution in [3.8, 4) is 17.0 Å². The molecule has 1 amide bonds. The molecule has 0 saturated heterocycles. The molecular formula is C25H19N5O4. The summed E-state index contributed by atoms with van der Waals surface area (Å²) in [4.78, 5) is 25.0. The van der Waals surface area contributed by atoms with Gasteiger partial charge in [0.15, 0.2) is 11.5 Å². The van der Waals surface area contributed by atoms with Gasteiger partial charge in [-0.2, -0.15) is 0 Å². The number of hydrogen-bond acceptors (Lipinski definition) is 7. The van der Waals surface area contributed by atoms with E-state index >= 15 is 0 Å². The third-order valence-corrected chi connectivity index (χ3v) is 5.43. The lowest BCUT2D eigenvalue weighted by Crippen LogP contribution is -2.17. The summed E-state index contributed by atoms with van der Waals surface area (Å²) in [6, 6.07) is 21.8. The minimum atomic E-state index is -0.549. The number of nitrogens with zero attached hydrogens (tertiary/aromatic N) is 4. The van der Waals surface area contributed by atoms with E-state index in [2.05, 4.69) is 20.8 Å². The molecule has 0 bridgehead atoms. The lowest BCUT2D eigenvalue weighted by Gasteiger charge is -2.09. The lowest BCUT2D eigenvalue weighted by molar-refractivity contribution is 0.0602. The Balaban J connectivity index is 1.48. The molecule has 3 aromatic carbocycles. The number of fused-ring (bicyclic) bond motifs is 1. The second kappa shape index (κ2) is 8.62. The summed E-state index contributed by atoms with van der Waals surface area (Å²) in [5.41, 5.74) is 3.55. The Labute approximate surface area is 193 Å². The first-order valence-corrected chi connectivity index (χ1v) is 10.4. The largest absolute Gasteiger partial charge is 0.465 e. The number of anilines is 1. The zero-order valence-electron chi connectivity index (χ0n) is 18.4. The minimum absolute atomic E-state index is 0.133. The first-order valence-electron chi connectivity index (χ1n) is 10.4. The van der Waals surface area contributed by atoms with Gasteiger partial charge in [0.05, 0.1) is 35.1 Å². The molecule has 9 heteroatoms. The van der Waals surface area contributed by atoms with Gasteiger partial charge in [0.1, 0.15) is 5.52 Å². The molecule has 0 atom stereocenters. The fourth-order valence-corrected chi connectivity index (χ4v) is 3.70. The van der Waals surface area contributed by atoms with Crippen molar-refractivity contribution in [3.63, 3.8) is 0 Å². The average molecular weight is 453 g/mol. The summed E-state index contributed by atoms with van der Waals surface area (Å²) in [7, 11) is 1.28. The van der Waals surface area contributed by atoms with Crippen LogP contribution in [0.3, 0.4) is 0 Å². The maximum absolute atomic E-state index is 12.9. The van der Waals surface area contributed by atoms with E-state index in [9.17, 15) is 9.59 Å². The van der Waals surface area contributed by atoms with Crippen molar-refractivity contribution in [2.24, 2.45) is 0 Å². The molecule has 34 heavy (non-hydrogen) atoms. The normalized spacial score (nSPS) is 10.9. The molecule has 0 spiro atoms. The molecule has 168 valence electrons. The van der Waals surface area contributed by atoms with E-state index in [4.69, 9.17) is 9.26 Å². The van der Waals surface area contributed by atoms with Gasteiger partial charge in [-0.25, -0.2) is 9.48 Å². The van der Waals surface area contributed by atoms with Crippen LogP contribution in [0.5, 0.6) is 0 Å². The highest BCUT2D eigenvalue weighted by molar-refractivity contribution is 6.07. The lowest BCUT2D eigenvalue weighted by atomic mass is 10.1. The summed E-state index contributed by atoms with van der Waals surface area (Å²) >= 11 is 0. The fourth-order valence-electron chi connectivity index (χ4n) is 3.70. The Morgan fingerprint density at radius 3 is 2.56 bits per heavy atom. The van der Waals surface area contributed by atoms with Crippen LogP contribution in [-0.2, 0) is 4.74 Å². The van der Waals surface area contributed by atoms with Gasteiger partial charge in [-0.1, -0.05) is 52.8 Å². The van der Waals surface area contributed by atoms with Crippen LogP contribution in [0.2, 0.25) is 0 Å². The van der Waals surface area contributed by atoms with Gasteiger partial charge in [-0.15, -0.1) is 5.10 Å². The quantitative estimate of drug-likeness (QED) is 0.392. The van der Waals surface area contributed by atoms with E-state index in [1.165, 1.54) is 7.11 Å². The summed E-state index contributed by atoms with van der Waals surface area (Å²) in [5, 5.41) is 15.9. The Morgan fingerprint density at radius 1 is 1.00 bits per heavy atom. The van der Waals surface area contributed by atoms with Crippen molar-refractivity contribution in [1.29, 1.82) is 0 Å². The number of nitrogens with one attached hydrogen (secondary N) is 1. The molecule has 0 unspecified atom stereocenters. The van der Waals surface area contributed by atoms with Crippen molar-refractivity contribution in [1.82, 2.24) is 20.2 Å². The third kappa shape index (κ3) is 3.69. The number of rotatable bonds is 5. The van der Waals surface area contributed by atoms with E-state index in [-0.39, 0.29) is 11.3 Å². The van der Waals surface area contributed by atoms with E-state index in [0.29, 0.717) is 28.3 Å². The number of aromatic nitrogens is 4. The number of methoxy groups -OCH3 is 1. The second-order valence-electron chi connectivity index (χ2n) is 7.51. The van der Waals surface area contributed by atoms with Crippen molar-refractivity contribution in [3.05, 3.63) is 89.7 Å². The number of benzene rings is 3. The third-order valence-electron chi connectivity index (χ3n) is 5.43. The van der Waals surface area contributed by atoms with Crippen LogP contribution in [0, 0.1) is 6.92 Å². The number of amides is 1. The average Bonchev–Trinajstić information content (AvgIpc) is 3.47. The zero-order valence-corrected chi connectivity index (χ0v) is 18.4. The highest BCUT2D eigenvalue weighted by Crippen LogP contribution is 2.30. The Bertz CT molecular complexity index is 1520. The first kappa shape index (κ1) is 21.1. The summed E-state index contributed by atoms with van der Waals surface area (Å²) in [6.45, 7) is 1.75. The van der Waals surface area contributed by atoms with Gasteiger partial charge < -0.3 is 14.6 Å². The van der Waals surface area contributed by atoms with Crippen LogP contribution in [0.1, 0.15) is 26.5 Å². The Kier molecular flexibility index (Phi) is 5.35. The van der Waals surface area contributed by atoms with Crippen LogP contribution in [0.15, 0.2) is 77.3 Å². The molecule has 1 N–H and O–H groups in total. The molecule has 0 aliphatic rings. The molecule has 0 fully saturated rings. The van der Waals surface area contributed by atoms with E-state index in [1.54, 1.807) is 35.9 Å². The molecule has 0 aliphatic heterocycles. The predicted octanol–water partition coefficient (Wildman–Crippen LogP) is 4.42. The molecule has 9 nitrogen and oxygen atoms in total. The maximum Gasteiger partial charge on any atom is 0.339 e. The maximum atomic E-state index is 12.9. The van der Waals surface area contributed by atoms with Crippen molar-refractivity contribution < 1.29 is 18.8 Å². The highest BCUT2D eigenvalue weighted by atomic mass is 16.5. The van der Waals surface area contributed by atoms with Gasteiger partial charge >= 0.3 is 5.97 Å². The molecule has 0 saturated carbocycles. The topological polar surface area (TPSA) is 112 Å². The van der Waals surface area contributed by atoms with Crippen LogP contribution in [-0.4, -0.2) is 39.1 Å². The van der Waals surface area contributed by atoms with Gasteiger partial charge in [0, 0.05) is 5.56 Å². The number of para-hydroxylation sites is 1. The van der Waals surface area contributed by atoms with Crippen LogP contribution in [0.4, 0.5) is 5.69 Å². The molecule has 2 heterocycles. The van der Waals surface area contributed by atoms with Crippen LogP contribution < -0.4 is 5.32 Å². The van der Waals surface area contributed by atoms with E-state index in [1.807, 2.05) is 48.5 Å². The van der Waals surface area contributed by atoms with E-state index < -0.39 is 11.9 Å². The molecular weight excluding hydrogens is 434 g/mol. The van der Waals surface area contributed by atoms with Crippen LogP contribution >= 0.6 is 0 Å². The standard InChI is InChI=1S/C25H19N5O4/c1-15-22(24(31)26-20-11-7-6-10-18(20)25(32)33-2)27-29-30(15)17-12-13-21-19(14-17)23(34-28-21)16-8-4-3-5-9-16/h3-14H,1-2H3,(H,26,31). The van der Waals surface area contributed by atoms with Gasteiger partial charge in [-0.3, -0.25) is 4.79 Å². The number of hydrogen-bond donors (Lipinski definition) is 1. The van der Waals surface area contributed by atoms with Gasteiger partial charge in [-0.05, 0) is 37.3 Å². The molecule has 0 radical (unpaired) electrons. The molecule has 5 aromatic rings. The first-order chi connectivity index (χ1) is 16.6. The molecule has 2 aromatic heterocycles. The molecule has 0 aliphatic carbocycles. The minimum Gasteiger partial charge on any atom is -0.465 e. The summed E-state index contributed by atoms with van der Waals surface area (Å²) in [5.74, 6) is -0.392. The smallest absolute Gasteiger partial charge is 0.339 e. The molecule has 5 rings (SSSR count). The van der Waals surface area contributed by atoms with Crippen molar-refractivity contribution in [2.45, 2.75) is 6.92 Å². The fraction of sp³-hybridized carbons (Fsp3) is 0.0800. The van der Waals surface area contributed by atoms with Crippen molar-refractivity contribution in [2.75, 3.05) is 12.4 Å². The van der Waals surface area contributed by atoms with Gasteiger partial charge in [0.25, 0.3) is 5.91 Å². The highest BCUT2D eigenvalue weighted by Gasteiger charge is 2.21. The summed E-state index contributed by atoms with van der Waals surface area (Å²) in [6.07, 6.45) is 0.